The number of carbonyl (C=O) groups excluding carboxylic acids is 1. The Bertz CT molecular complexity index is 691. The Hall–Kier alpha value is -2.21. The van der Waals surface area contributed by atoms with Crippen LogP contribution in [-0.2, 0) is 30.6 Å². The highest BCUT2D eigenvalue weighted by atomic mass is 16.2. The van der Waals surface area contributed by atoms with E-state index in [1.807, 2.05) is 12.1 Å². The van der Waals surface area contributed by atoms with Crippen LogP contribution in [0.15, 0.2) is 48.5 Å². The Labute approximate surface area is 162 Å². The quantitative estimate of drug-likeness (QED) is 0.397. The number of piperazine rings is 1. The largest absolute Gasteiger partial charge is 0.314 e. The van der Waals surface area contributed by atoms with E-state index in [9.17, 15) is 4.79 Å². The van der Waals surface area contributed by atoms with Crippen molar-refractivity contribution in [3.05, 3.63) is 70.8 Å². The van der Waals surface area contributed by atoms with Crippen LogP contribution in [0.2, 0.25) is 0 Å². The summed E-state index contributed by atoms with van der Waals surface area (Å²) in [5, 5.41) is 3.39. The number of nitrogens with one attached hydrogen (secondary N) is 2. The summed E-state index contributed by atoms with van der Waals surface area (Å²) in [5.74, 6) is 4.95. The number of benzene rings is 2. The monoisotopic (exact) mass is 368 g/mol. The second-order valence-corrected chi connectivity index (χ2v) is 6.90. The lowest BCUT2D eigenvalue weighted by atomic mass is 10.0. The molecule has 1 heterocycles. The molecule has 1 aliphatic heterocycles. The number of rotatable bonds is 7. The summed E-state index contributed by atoms with van der Waals surface area (Å²) >= 11 is 0. The topological polar surface area (TPSA) is 70.4 Å². The number of hydrogen-bond acceptors (Lipinski definition) is 4. The first-order valence-corrected chi connectivity index (χ1v) is 9.31. The molecule has 1 amide bonds. The zero-order valence-corrected chi connectivity index (χ0v) is 15.2. The van der Waals surface area contributed by atoms with Gasteiger partial charge in [-0.1, -0.05) is 56.0 Å². The van der Waals surface area contributed by atoms with E-state index < -0.39 is 0 Å². The predicted octanol–water partition coefficient (Wildman–Crippen LogP) is 2.05. The number of hydrogen-bond donors (Lipinski definition) is 3. The molecule has 4 N–H and O–H groups in total. The molecule has 0 unspecified atom stereocenters. The molecule has 2 aromatic carbocycles. The molecule has 0 atom stereocenters. The molecule has 5 heteroatoms. The van der Waals surface area contributed by atoms with Gasteiger partial charge in [0.1, 0.15) is 0 Å². The van der Waals surface area contributed by atoms with Crippen LogP contribution in [-0.4, -0.2) is 37.0 Å². The van der Waals surface area contributed by atoms with Gasteiger partial charge in [0.25, 0.3) is 0 Å². The molecule has 146 valence electrons. The Kier molecular flexibility index (Phi) is 8.45. The molecule has 0 radical (unpaired) electrons. The van der Waals surface area contributed by atoms with Gasteiger partial charge in [-0.05, 0) is 35.1 Å². The van der Waals surface area contributed by atoms with Crippen LogP contribution in [0.3, 0.4) is 0 Å². The second kappa shape index (κ2) is 10.8. The number of amides is 1. The predicted molar refractivity (Wildman–Crippen MR) is 111 cm³/mol. The van der Waals surface area contributed by atoms with Crippen molar-refractivity contribution < 1.29 is 4.79 Å². The van der Waals surface area contributed by atoms with Crippen molar-refractivity contribution in [1.82, 2.24) is 15.6 Å². The first-order chi connectivity index (χ1) is 12.7. The molecule has 0 saturated carbocycles. The zero-order chi connectivity index (χ0) is 18.2. The third kappa shape index (κ3) is 6.79. The van der Waals surface area contributed by atoms with E-state index in [0.29, 0.717) is 6.42 Å². The SMILES string of the molecule is C.NNC(=O)Cc1ccc(CCc2ccc(CN3CCNCC3)cc2)cc1. The van der Waals surface area contributed by atoms with E-state index in [1.54, 1.807) is 0 Å². The molecular formula is C22H32N4O. The molecule has 0 bridgehead atoms. The summed E-state index contributed by atoms with van der Waals surface area (Å²) in [7, 11) is 0. The van der Waals surface area contributed by atoms with Crippen molar-refractivity contribution in [3.8, 4) is 0 Å². The minimum Gasteiger partial charge on any atom is -0.314 e. The first-order valence-electron chi connectivity index (χ1n) is 9.31. The van der Waals surface area contributed by atoms with Crippen LogP contribution < -0.4 is 16.6 Å². The molecule has 1 fully saturated rings. The van der Waals surface area contributed by atoms with E-state index in [0.717, 1.165) is 51.1 Å². The van der Waals surface area contributed by atoms with Gasteiger partial charge in [0, 0.05) is 32.7 Å². The number of hydrazine groups is 1. The van der Waals surface area contributed by atoms with E-state index in [-0.39, 0.29) is 13.3 Å². The van der Waals surface area contributed by atoms with Gasteiger partial charge in [0.2, 0.25) is 5.91 Å². The van der Waals surface area contributed by atoms with Gasteiger partial charge in [-0.3, -0.25) is 15.1 Å². The van der Waals surface area contributed by atoms with Crippen LogP contribution >= 0.6 is 0 Å². The van der Waals surface area contributed by atoms with Crippen molar-refractivity contribution in [2.75, 3.05) is 26.2 Å². The number of nitrogens with two attached hydrogens (primary N) is 1. The van der Waals surface area contributed by atoms with Gasteiger partial charge in [0.05, 0.1) is 6.42 Å². The van der Waals surface area contributed by atoms with Gasteiger partial charge in [-0.2, -0.15) is 0 Å². The molecule has 1 aliphatic rings. The summed E-state index contributed by atoms with van der Waals surface area (Å²) in [6.45, 7) is 5.48. The van der Waals surface area contributed by atoms with Crippen LogP contribution in [0.25, 0.3) is 0 Å². The minimum atomic E-state index is -0.168. The third-order valence-corrected chi connectivity index (χ3v) is 4.89. The minimum absolute atomic E-state index is 0. The molecule has 27 heavy (non-hydrogen) atoms. The Morgan fingerprint density at radius 3 is 1.89 bits per heavy atom. The lowest BCUT2D eigenvalue weighted by Crippen LogP contribution is -2.42. The highest BCUT2D eigenvalue weighted by Crippen LogP contribution is 2.12. The fourth-order valence-electron chi connectivity index (χ4n) is 3.29. The normalized spacial score (nSPS) is 14.4. The standard InChI is InChI=1S/C21H28N4O.CH4/c22-24-21(26)15-19-7-3-17(4-8-19)1-2-18-5-9-20(10-6-18)16-25-13-11-23-12-14-25;/h3-10,23H,1-2,11-16,22H2,(H,24,26);1H4. The molecular weight excluding hydrogens is 336 g/mol. The maximum absolute atomic E-state index is 11.3. The van der Waals surface area contributed by atoms with Crippen molar-refractivity contribution in [2.45, 2.75) is 33.2 Å². The maximum Gasteiger partial charge on any atom is 0.238 e. The zero-order valence-electron chi connectivity index (χ0n) is 15.2. The molecule has 5 nitrogen and oxygen atoms in total. The molecule has 1 saturated heterocycles. The van der Waals surface area contributed by atoms with Crippen LogP contribution in [0.1, 0.15) is 29.7 Å². The summed E-state index contributed by atoms with van der Waals surface area (Å²) in [6, 6.07) is 17.2. The van der Waals surface area contributed by atoms with E-state index in [2.05, 4.69) is 52.0 Å². The van der Waals surface area contributed by atoms with Crippen molar-refractivity contribution in [1.29, 1.82) is 0 Å². The average Bonchev–Trinajstić information content (AvgIpc) is 2.69. The summed E-state index contributed by atoms with van der Waals surface area (Å²) < 4.78 is 0. The smallest absolute Gasteiger partial charge is 0.238 e. The third-order valence-electron chi connectivity index (χ3n) is 4.89. The Morgan fingerprint density at radius 1 is 0.889 bits per heavy atom. The molecule has 0 spiro atoms. The fourth-order valence-corrected chi connectivity index (χ4v) is 3.29. The Morgan fingerprint density at radius 2 is 1.37 bits per heavy atom. The lowest BCUT2D eigenvalue weighted by Gasteiger charge is -2.27. The first kappa shape index (κ1) is 21.1. The van der Waals surface area contributed by atoms with E-state index in [4.69, 9.17) is 5.84 Å². The molecule has 0 aromatic heterocycles. The van der Waals surface area contributed by atoms with Gasteiger partial charge in [-0.25, -0.2) is 5.84 Å². The van der Waals surface area contributed by atoms with E-state index in [1.165, 1.54) is 16.7 Å². The molecule has 0 aliphatic carbocycles. The average molecular weight is 369 g/mol. The summed E-state index contributed by atoms with van der Waals surface area (Å²) in [4.78, 5) is 13.8. The lowest BCUT2D eigenvalue weighted by molar-refractivity contribution is -0.120. The molecule has 3 rings (SSSR count). The van der Waals surface area contributed by atoms with Crippen LogP contribution in [0.4, 0.5) is 0 Å². The van der Waals surface area contributed by atoms with Crippen LogP contribution in [0.5, 0.6) is 0 Å². The molecule has 2 aromatic rings. The highest BCUT2D eigenvalue weighted by Gasteiger charge is 2.09. The van der Waals surface area contributed by atoms with Crippen molar-refractivity contribution in [3.63, 3.8) is 0 Å². The second-order valence-electron chi connectivity index (χ2n) is 6.90. The number of carbonyl (C=O) groups is 1. The van der Waals surface area contributed by atoms with Crippen molar-refractivity contribution >= 4 is 5.91 Å². The van der Waals surface area contributed by atoms with E-state index >= 15 is 0 Å². The maximum atomic E-state index is 11.3. The highest BCUT2D eigenvalue weighted by molar-refractivity contribution is 5.77. The van der Waals surface area contributed by atoms with Crippen molar-refractivity contribution in [2.24, 2.45) is 5.84 Å². The Balaban J connectivity index is 0.00000261. The van der Waals surface area contributed by atoms with Gasteiger partial charge >= 0.3 is 0 Å². The van der Waals surface area contributed by atoms with Gasteiger partial charge in [-0.15, -0.1) is 0 Å². The summed E-state index contributed by atoms with van der Waals surface area (Å²) in [5.41, 5.74) is 7.17. The van der Waals surface area contributed by atoms with Gasteiger partial charge < -0.3 is 5.32 Å². The van der Waals surface area contributed by atoms with Gasteiger partial charge in [0.15, 0.2) is 0 Å². The summed E-state index contributed by atoms with van der Waals surface area (Å²) in [6.07, 6.45) is 2.35. The van der Waals surface area contributed by atoms with Crippen LogP contribution in [0, 0.1) is 0 Å². The fraction of sp³-hybridized carbons (Fsp3) is 0.409. The number of nitrogens with zero attached hydrogens (tertiary/aromatic N) is 1. The number of aryl methyl sites for hydroxylation is 2.